The van der Waals surface area contributed by atoms with E-state index >= 15 is 0 Å². The highest BCUT2D eigenvalue weighted by molar-refractivity contribution is 5.67. The van der Waals surface area contributed by atoms with Crippen LogP contribution in [0.4, 0.5) is 5.82 Å². The zero-order valence-corrected chi connectivity index (χ0v) is 15.2. The second-order valence-electron chi connectivity index (χ2n) is 7.43. The second kappa shape index (κ2) is 5.81. The lowest BCUT2D eigenvalue weighted by Crippen LogP contribution is -2.57. The first-order chi connectivity index (χ1) is 11.9. The Morgan fingerprint density at radius 1 is 1.16 bits per heavy atom. The second-order valence-corrected chi connectivity index (χ2v) is 7.43. The summed E-state index contributed by atoms with van der Waals surface area (Å²) in [5.74, 6) is 0.992. The molecule has 3 aromatic heterocycles. The molecule has 0 saturated carbocycles. The lowest BCUT2D eigenvalue weighted by molar-refractivity contribution is 0.351. The van der Waals surface area contributed by atoms with E-state index in [1.807, 2.05) is 30.6 Å². The molecule has 0 aromatic carbocycles. The van der Waals surface area contributed by atoms with Crippen molar-refractivity contribution in [2.45, 2.75) is 33.2 Å². The maximum Gasteiger partial charge on any atom is 0.154 e. The molecule has 0 atom stereocenters. The number of rotatable bonds is 2. The van der Waals surface area contributed by atoms with Gasteiger partial charge in [0, 0.05) is 42.6 Å². The summed E-state index contributed by atoms with van der Waals surface area (Å²) in [6, 6.07) is 8.23. The van der Waals surface area contributed by atoms with Crippen molar-refractivity contribution in [1.29, 1.82) is 0 Å². The Labute approximate surface area is 147 Å². The number of nitrogens with one attached hydrogen (secondary N) is 1. The van der Waals surface area contributed by atoms with Crippen LogP contribution in [0.15, 0.2) is 30.5 Å². The van der Waals surface area contributed by atoms with Crippen LogP contribution < -0.4 is 10.2 Å². The highest BCUT2D eigenvalue weighted by Gasteiger charge is 2.27. The Morgan fingerprint density at radius 2 is 2.00 bits per heavy atom. The van der Waals surface area contributed by atoms with Gasteiger partial charge >= 0.3 is 0 Å². The van der Waals surface area contributed by atoms with E-state index in [-0.39, 0.29) is 5.54 Å². The highest BCUT2D eigenvalue weighted by atomic mass is 15.4. The van der Waals surface area contributed by atoms with Crippen molar-refractivity contribution in [2.75, 3.05) is 24.5 Å². The van der Waals surface area contributed by atoms with Crippen molar-refractivity contribution in [3.8, 4) is 11.3 Å². The van der Waals surface area contributed by atoms with E-state index in [0.717, 1.165) is 53.7 Å². The molecule has 0 amide bonds. The fraction of sp³-hybridized carbons (Fsp3) is 0.421. The summed E-state index contributed by atoms with van der Waals surface area (Å²) in [7, 11) is 0. The van der Waals surface area contributed by atoms with Crippen LogP contribution in [0, 0.1) is 13.8 Å². The van der Waals surface area contributed by atoms with Gasteiger partial charge < -0.3 is 10.2 Å². The summed E-state index contributed by atoms with van der Waals surface area (Å²) in [5.41, 5.74) is 5.08. The third-order valence-corrected chi connectivity index (χ3v) is 4.70. The van der Waals surface area contributed by atoms with Crippen molar-refractivity contribution < 1.29 is 0 Å². The number of aryl methyl sites for hydroxylation is 2. The van der Waals surface area contributed by atoms with E-state index < -0.39 is 0 Å². The van der Waals surface area contributed by atoms with E-state index in [0.29, 0.717) is 0 Å². The molecule has 4 heterocycles. The smallest absolute Gasteiger partial charge is 0.154 e. The Hall–Kier alpha value is -2.47. The van der Waals surface area contributed by atoms with Gasteiger partial charge in [0.2, 0.25) is 0 Å². The number of hydrogen-bond donors (Lipinski definition) is 1. The lowest BCUT2D eigenvalue weighted by atomic mass is 10.0. The van der Waals surface area contributed by atoms with E-state index in [4.69, 9.17) is 5.10 Å². The standard InChI is InChI=1S/C19H24N6/c1-13-11-15(7-8-20-13)18-14(2)22-16-5-6-17(23-25(16)18)24-10-9-21-19(3,4)12-24/h5-8,11,21H,9-10,12H2,1-4H3. The number of nitrogens with zero attached hydrogens (tertiary/aromatic N) is 5. The molecule has 4 rings (SSSR count). The summed E-state index contributed by atoms with van der Waals surface area (Å²) in [6.07, 6.45) is 1.84. The predicted molar refractivity (Wildman–Crippen MR) is 100.0 cm³/mol. The molecule has 1 N–H and O–H groups in total. The third kappa shape index (κ3) is 2.98. The SMILES string of the molecule is Cc1cc(-c2c(C)nc3ccc(N4CCNC(C)(C)C4)nn23)ccn1. The quantitative estimate of drug-likeness (QED) is 0.779. The van der Waals surface area contributed by atoms with Gasteiger partial charge in [0.05, 0.1) is 11.4 Å². The van der Waals surface area contributed by atoms with Crippen molar-refractivity contribution in [3.05, 3.63) is 41.9 Å². The number of aromatic nitrogens is 4. The lowest BCUT2D eigenvalue weighted by Gasteiger charge is -2.39. The van der Waals surface area contributed by atoms with Gasteiger partial charge in [-0.25, -0.2) is 9.50 Å². The fourth-order valence-electron chi connectivity index (χ4n) is 3.56. The van der Waals surface area contributed by atoms with Gasteiger partial charge in [0.15, 0.2) is 5.65 Å². The van der Waals surface area contributed by atoms with Crippen LogP contribution in [-0.4, -0.2) is 44.8 Å². The molecule has 3 aromatic rings. The highest BCUT2D eigenvalue weighted by Crippen LogP contribution is 2.26. The number of imidazole rings is 1. The molecule has 1 aliphatic rings. The van der Waals surface area contributed by atoms with Crippen LogP contribution in [-0.2, 0) is 0 Å². The summed E-state index contributed by atoms with van der Waals surface area (Å²) < 4.78 is 1.97. The molecule has 6 heteroatoms. The first-order valence-electron chi connectivity index (χ1n) is 8.72. The molecule has 0 aliphatic carbocycles. The predicted octanol–water partition coefficient (Wildman–Crippen LogP) is 2.60. The Morgan fingerprint density at radius 3 is 2.76 bits per heavy atom. The summed E-state index contributed by atoms with van der Waals surface area (Å²) >= 11 is 0. The minimum absolute atomic E-state index is 0.0881. The Kier molecular flexibility index (Phi) is 3.72. The molecule has 1 saturated heterocycles. The van der Waals surface area contributed by atoms with E-state index in [1.165, 1.54) is 0 Å². The molecule has 6 nitrogen and oxygen atoms in total. The van der Waals surface area contributed by atoms with E-state index in [1.54, 1.807) is 0 Å². The van der Waals surface area contributed by atoms with Crippen LogP contribution in [0.25, 0.3) is 16.9 Å². The molecule has 25 heavy (non-hydrogen) atoms. The molecule has 1 aliphatic heterocycles. The largest absolute Gasteiger partial charge is 0.352 e. The minimum atomic E-state index is 0.0881. The topological polar surface area (TPSA) is 58.4 Å². The minimum Gasteiger partial charge on any atom is -0.352 e. The van der Waals surface area contributed by atoms with Crippen LogP contribution in [0.2, 0.25) is 0 Å². The number of fused-ring (bicyclic) bond motifs is 1. The average molecular weight is 336 g/mol. The molecular weight excluding hydrogens is 312 g/mol. The van der Waals surface area contributed by atoms with Gasteiger partial charge in [0.1, 0.15) is 5.82 Å². The zero-order chi connectivity index (χ0) is 17.6. The Balaban J connectivity index is 1.81. The fourth-order valence-corrected chi connectivity index (χ4v) is 3.56. The van der Waals surface area contributed by atoms with Gasteiger partial charge in [-0.1, -0.05) is 0 Å². The first kappa shape index (κ1) is 16.0. The first-order valence-corrected chi connectivity index (χ1v) is 8.72. The number of anilines is 1. The van der Waals surface area contributed by atoms with Gasteiger partial charge in [-0.2, -0.15) is 0 Å². The number of piperazine rings is 1. The molecular formula is C19H24N6. The number of pyridine rings is 1. The molecule has 0 radical (unpaired) electrons. The maximum atomic E-state index is 4.92. The van der Waals surface area contributed by atoms with Gasteiger partial charge in [-0.3, -0.25) is 4.98 Å². The van der Waals surface area contributed by atoms with Crippen LogP contribution in [0.5, 0.6) is 0 Å². The Bertz CT molecular complexity index is 927. The summed E-state index contributed by atoms with van der Waals surface area (Å²) in [4.78, 5) is 11.3. The van der Waals surface area contributed by atoms with Gasteiger partial charge in [0.25, 0.3) is 0 Å². The average Bonchev–Trinajstić information content (AvgIpc) is 2.88. The summed E-state index contributed by atoms with van der Waals surface area (Å²) in [6.45, 7) is 11.3. The summed E-state index contributed by atoms with van der Waals surface area (Å²) in [5, 5.41) is 8.47. The normalized spacial score (nSPS) is 17.2. The zero-order valence-electron chi connectivity index (χ0n) is 15.2. The van der Waals surface area contributed by atoms with Crippen molar-refractivity contribution >= 4 is 11.5 Å². The molecule has 0 bridgehead atoms. The monoisotopic (exact) mass is 336 g/mol. The molecule has 130 valence electrons. The molecule has 0 spiro atoms. The molecule has 1 fully saturated rings. The van der Waals surface area contributed by atoms with Crippen molar-refractivity contribution in [2.24, 2.45) is 0 Å². The van der Waals surface area contributed by atoms with Gasteiger partial charge in [-0.05, 0) is 52.0 Å². The van der Waals surface area contributed by atoms with Crippen molar-refractivity contribution in [3.63, 3.8) is 0 Å². The van der Waals surface area contributed by atoms with Gasteiger partial charge in [-0.15, -0.1) is 5.10 Å². The van der Waals surface area contributed by atoms with E-state index in [2.05, 4.69) is 52.2 Å². The third-order valence-electron chi connectivity index (χ3n) is 4.70. The van der Waals surface area contributed by atoms with Crippen LogP contribution in [0.1, 0.15) is 25.2 Å². The maximum absolute atomic E-state index is 4.92. The van der Waals surface area contributed by atoms with Crippen LogP contribution >= 0.6 is 0 Å². The molecule has 0 unspecified atom stereocenters. The van der Waals surface area contributed by atoms with Crippen molar-refractivity contribution in [1.82, 2.24) is 24.9 Å². The van der Waals surface area contributed by atoms with E-state index in [9.17, 15) is 0 Å². The van der Waals surface area contributed by atoms with Crippen LogP contribution in [0.3, 0.4) is 0 Å². The number of hydrogen-bond acceptors (Lipinski definition) is 5.